The summed E-state index contributed by atoms with van der Waals surface area (Å²) >= 11 is 0. The Hall–Kier alpha value is -2.14. The van der Waals surface area contributed by atoms with Crippen molar-refractivity contribution in [3.63, 3.8) is 0 Å². The van der Waals surface area contributed by atoms with E-state index in [4.69, 9.17) is 11.2 Å². The molecular formula is C19H25NO5S. The molecule has 0 aliphatic heterocycles. The van der Waals surface area contributed by atoms with Gasteiger partial charge in [-0.1, -0.05) is 18.2 Å². The zero-order valence-electron chi connectivity index (χ0n) is 15.7. The predicted molar refractivity (Wildman–Crippen MR) is 98.1 cm³/mol. The number of likely N-dealkylation sites (N-methyl/N-ethyl adjacent to an activating group) is 1. The van der Waals surface area contributed by atoms with E-state index in [0.717, 1.165) is 5.56 Å². The minimum absolute atomic E-state index is 0.105. The van der Waals surface area contributed by atoms with Crippen LogP contribution in [0.25, 0.3) is 0 Å². The van der Waals surface area contributed by atoms with E-state index in [2.05, 4.69) is 12.5 Å². The summed E-state index contributed by atoms with van der Waals surface area (Å²) in [6, 6.07) is 3.35. The van der Waals surface area contributed by atoms with E-state index < -0.39 is 16.1 Å². The highest BCUT2D eigenvalue weighted by atomic mass is 32.2. The molecule has 1 rings (SSSR count). The van der Waals surface area contributed by atoms with Gasteiger partial charge in [-0.3, -0.25) is 0 Å². The van der Waals surface area contributed by atoms with E-state index in [-0.39, 0.29) is 29.1 Å². The molecule has 1 aromatic carbocycles. The van der Waals surface area contributed by atoms with E-state index in [1.807, 2.05) is 14.0 Å². The van der Waals surface area contributed by atoms with Crippen molar-refractivity contribution in [3.8, 4) is 12.3 Å². The fraction of sp³-hybridized carbons (Fsp3) is 0.421. The van der Waals surface area contributed by atoms with Gasteiger partial charge in [-0.05, 0) is 38.3 Å². The molecule has 0 radical (unpaired) electrons. The van der Waals surface area contributed by atoms with Crippen LogP contribution < -0.4 is 0 Å². The van der Waals surface area contributed by atoms with E-state index in [1.165, 1.54) is 0 Å². The van der Waals surface area contributed by atoms with Gasteiger partial charge in [0, 0.05) is 11.1 Å². The molecule has 0 saturated carbocycles. The topological polar surface area (TPSA) is 83.5 Å². The number of hydrogen-bond acceptors (Lipinski definition) is 5. The van der Waals surface area contributed by atoms with Gasteiger partial charge in [0.2, 0.25) is 0 Å². The summed E-state index contributed by atoms with van der Waals surface area (Å²) in [6.07, 6.45) is 5.46. The zero-order valence-corrected chi connectivity index (χ0v) is 16.5. The van der Waals surface area contributed by atoms with Crippen LogP contribution in [0.2, 0.25) is 0 Å². The van der Waals surface area contributed by atoms with Crippen molar-refractivity contribution in [1.82, 2.24) is 0 Å². The van der Waals surface area contributed by atoms with Crippen LogP contribution in [0.1, 0.15) is 23.6 Å². The number of terminal acetylenes is 1. The first-order chi connectivity index (χ1) is 11.9. The molecule has 0 spiro atoms. The molecule has 142 valence electrons. The molecule has 0 fully saturated rings. The minimum atomic E-state index is -4.62. The lowest BCUT2D eigenvalue weighted by molar-refractivity contribution is -0.916. The van der Waals surface area contributed by atoms with E-state index >= 15 is 0 Å². The Labute approximate surface area is 155 Å². The maximum atomic E-state index is 11.7. The summed E-state index contributed by atoms with van der Waals surface area (Å²) in [5.74, 6) is 2.07. The number of quaternary nitrogens is 1. The lowest BCUT2D eigenvalue weighted by atomic mass is 10.1. The summed E-state index contributed by atoms with van der Waals surface area (Å²) < 4.78 is 40.5. The molecule has 6 nitrogen and oxygen atoms in total. The van der Waals surface area contributed by atoms with Gasteiger partial charge in [0.25, 0.3) is 0 Å². The smallest absolute Gasteiger partial charge is 0.333 e. The van der Waals surface area contributed by atoms with Crippen molar-refractivity contribution in [3.05, 3.63) is 41.0 Å². The van der Waals surface area contributed by atoms with Gasteiger partial charge >= 0.3 is 5.97 Å². The SMILES string of the molecule is C#CC[N+](C)(CCOC(=O)C(=C)C)Cc1cc(C)cc(C)c1S(=O)(=O)[O-]. The van der Waals surface area contributed by atoms with Crippen LogP contribution >= 0.6 is 0 Å². The summed E-state index contributed by atoms with van der Waals surface area (Å²) in [7, 11) is -2.80. The second kappa shape index (κ2) is 8.49. The fourth-order valence-electron chi connectivity index (χ4n) is 2.85. The Morgan fingerprint density at radius 3 is 2.50 bits per heavy atom. The number of aryl methyl sites for hydroxylation is 2. The highest BCUT2D eigenvalue weighted by Gasteiger charge is 2.25. The van der Waals surface area contributed by atoms with Gasteiger partial charge in [0.1, 0.15) is 36.4 Å². The molecule has 0 aromatic heterocycles. The third-order valence-corrected chi connectivity index (χ3v) is 5.07. The second-order valence-electron chi connectivity index (χ2n) is 6.80. The average molecular weight is 379 g/mol. The van der Waals surface area contributed by atoms with Crippen molar-refractivity contribution in [2.24, 2.45) is 0 Å². The lowest BCUT2D eigenvalue weighted by Crippen LogP contribution is -2.46. The Kier molecular flexibility index (Phi) is 7.16. The van der Waals surface area contributed by atoms with Crippen LogP contribution in [0, 0.1) is 26.2 Å². The van der Waals surface area contributed by atoms with E-state index in [0.29, 0.717) is 23.2 Å². The van der Waals surface area contributed by atoms with Gasteiger partial charge in [-0.25, -0.2) is 13.2 Å². The Bertz CT molecular complexity index is 851. The number of esters is 1. The molecule has 0 heterocycles. The van der Waals surface area contributed by atoms with Gasteiger partial charge in [0.05, 0.1) is 11.9 Å². The highest BCUT2D eigenvalue weighted by Crippen LogP contribution is 2.25. The van der Waals surface area contributed by atoms with Crippen molar-refractivity contribution < 1.29 is 27.0 Å². The first-order valence-electron chi connectivity index (χ1n) is 8.05. The standard InChI is InChI=1S/C19H25NO5S/c1-7-8-20(6,9-10-25-19(21)14(2)3)13-17-12-15(4)11-16(5)18(17)26(22,23)24/h1,11-12H,2,8-10,13H2,3-6H3. The summed E-state index contributed by atoms with van der Waals surface area (Å²) in [5.41, 5.74) is 1.98. The summed E-state index contributed by atoms with van der Waals surface area (Å²) in [5, 5.41) is 0. The molecule has 0 aliphatic rings. The number of carbonyl (C=O) groups excluding carboxylic acids is 1. The Balaban J connectivity index is 3.16. The molecule has 7 heteroatoms. The third-order valence-electron chi connectivity index (χ3n) is 3.98. The summed E-state index contributed by atoms with van der Waals surface area (Å²) in [4.78, 5) is 11.3. The monoisotopic (exact) mass is 379 g/mol. The first-order valence-corrected chi connectivity index (χ1v) is 9.46. The van der Waals surface area contributed by atoms with Crippen LogP contribution in [0.3, 0.4) is 0 Å². The van der Waals surface area contributed by atoms with Crippen LogP contribution in [-0.2, 0) is 26.2 Å². The second-order valence-corrected chi connectivity index (χ2v) is 8.12. The quantitative estimate of drug-likeness (QED) is 0.226. The number of benzene rings is 1. The van der Waals surface area contributed by atoms with Crippen LogP contribution in [0.15, 0.2) is 29.2 Å². The Morgan fingerprint density at radius 2 is 2.00 bits per heavy atom. The van der Waals surface area contributed by atoms with Gasteiger partial charge in [0.15, 0.2) is 0 Å². The molecule has 1 unspecified atom stereocenters. The number of ether oxygens (including phenoxy) is 1. The number of hydrogen-bond donors (Lipinski definition) is 0. The first kappa shape index (κ1) is 21.9. The third kappa shape index (κ3) is 5.99. The predicted octanol–water partition coefficient (Wildman–Crippen LogP) is 1.91. The number of carbonyl (C=O) groups is 1. The molecule has 0 bridgehead atoms. The lowest BCUT2D eigenvalue weighted by Gasteiger charge is -2.33. The number of rotatable bonds is 8. The average Bonchev–Trinajstić information content (AvgIpc) is 2.44. The molecular weight excluding hydrogens is 354 g/mol. The zero-order chi connectivity index (χ0) is 20.1. The van der Waals surface area contributed by atoms with Crippen molar-refractivity contribution in [1.29, 1.82) is 0 Å². The maximum Gasteiger partial charge on any atom is 0.333 e. The van der Waals surface area contributed by atoms with Gasteiger partial charge < -0.3 is 13.8 Å². The van der Waals surface area contributed by atoms with Crippen LogP contribution in [0.5, 0.6) is 0 Å². The normalized spacial score (nSPS) is 13.5. The van der Waals surface area contributed by atoms with Gasteiger partial charge in [-0.15, -0.1) is 6.42 Å². The van der Waals surface area contributed by atoms with E-state index in [9.17, 15) is 17.8 Å². The highest BCUT2D eigenvalue weighted by molar-refractivity contribution is 7.85. The minimum Gasteiger partial charge on any atom is -0.744 e. The molecule has 0 saturated heterocycles. The van der Waals surface area contributed by atoms with Crippen molar-refractivity contribution >= 4 is 16.1 Å². The molecule has 26 heavy (non-hydrogen) atoms. The van der Waals surface area contributed by atoms with E-state index in [1.54, 1.807) is 26.0 Å². The van der Waals surface area contributed by atoms with Crippen molar-refractivity contribution in [2.45, 2.75) is 32.2 Å². The van der Waals surface area contributed by atoms with Gasteiger partial charge in [-0.2, -0.15) is 0 Å². The molecule has 0 amide bonds. The fourth-order valence-corrected chi connectivity index (χ4v) is 3.74. The number of nitrogens with zero attached hydrogens (tertiary/aromatic N) is 1. The van der Waals surface area contributed by atoms with Crippen LogP contribution in [0.4, 0.5) is 0 Å². The molecule has 1 aromatic rings. The van der Waals surface area contributed by atoms with Crippen molar-refractivity contribution in [2.75, 3.05) is 26.7 Å². The molecule has 1 atom stereocenters. The largest absolute Gasteiger partial charge is 0.744 e. The molecule has 0 aliphatic carbocycles. The Morgan fingerprint density at radius 1 is 1.38 bits per heavy atom. The maximum absolute atomic E-state index is 11.7. The molecule has 0 N–H and O–H groups in total. The summed E-state index contributed by atoms with van der Waals surface area (Å²) in [6.45, 7) is 9.50. The van der Waals surface area contributed by atoms with Crippen LogP contribution in [-0.4, -0.2) is 50.2 Å².